The number of amides is 2. The maximum atomic E-state index is 14.3. The number of hydrogen-bond donors (Lipinski definition) is 1. The van der Waals surface area contributed by atoms with Crippen molar-refractivity contribution in [2.45, 2.75) is 62.8 Å². The highest BCUT2D eigenvalue weighted by atomic mass is 16.6. The molecule has 8 nitrogen and oxygen atoms in total. The summed E-state index contributed by atoms with van der Waals surface area (Å²) in [6.07, 6.45) is 5.99. The van der Waals surface area contributed by atoms with Crippen molar-refractivity contribution in [2.75, 3.05) is 26.3 Å². The summed E-state index contributed by atoms with van der Waals surface area (Å²) in [5.41, 5.74) is -1.00. The van der Waals surface area contributed by atoms with E-state index in [4.69, 9.17) is 9.47 Å². The Balaban J connectivity index is 1.69. The first-order valence-corrected chi connectivity index (χ1v) is 13.2. The second-order valence-corrected chi connectivity index (χ2v) is 10.4. The number of likely N-dealkylation sites (tertiary alicyclic amines) is 1. The average molecular weight is 511 g/mol. The molecule has 200 valence electrons. The van der Waals surface area contributed by atoms with Crippen LogP contribution in [0.5, 0.6) is 0 Å². The third-order valence-corrected chi connectivity index (χ3v) is 8.02. The molecule has 2 unspecified atom stereocenters. The summed E-state index contributed by atoms with van der Waals surface area (Å²) in [5, 5.41) is 9.34. The van der Waals surface area contributed by atoms with Crippen molar-refractivity contribution >= 4 is 17.8 Å². The zero-order chi connectivity index (χ0) is 26.6. The molecule has 1 spiro atoms. The Kier molecular flexibility index (Phi) is 8.19. The molecule has 0 radical (unpaired) electrons. The van der Waals surface area contributed by atoms with Crippen LogP contribution in [-0.2, 0) is 30.4 Å². The number of carbonyl (C=O) groups is 3. The van der Waals surface area contributed by atoms with Crippen molar-refractivity contribution in [3.05, 3.63) is 61.2 Å². The second kappa shape index (κ2) is 11.2. The quantitative estimate of drug-likeness (QED) is 0.249. The third kappa shape index (κ3) is 4.84. The van der Waals surface area contributed by atoms with Crippen molar-refractivity contribution in [3.63, 3.8) is 0 Å². The van der Waals surface area contributed by atoms with Crippen LogP contribution in [0, 0.1) is 11.8 Å². The van der Waals surface area contributed by atoms with Crippen molar-refractivity contribution in [1.29, 1.82) is 0 Å². The lowest BCUT2D eigenvalue weighted by Gasteiger charge is -2.37. The largest absolute Gasteiger partial charge is 0.465 e. The first kappa shape index (κ1) is 27.1. The fourth-order valence-electron chi connectivity index (χ4n) is 6.39. The number of fused-ring (bicyclic) bond motifs is 1. The summed E-state index contributed by atoms with van der Waals surface area (Å²) in [7, 11) is 0. The highest BCUT2D eigenvalue weighted by molar-refractivity contribution is 5.98. The zero-order valence-corrected chi connectivity index (χ0v) is 21.6. The summed E-state index contributed by atoms with van der Waals surface area (Å²) in [5.74, 6) is -2.48. The normalized spacial score (nSPS) is 29.7. The van der Waals surface area contributed by atoms with Gasteiger partial charge in [-0.2, -0.15) is 0 Å². The van der Waals surface area contributed by atoms with E-state index in [0.717, 1.165) is 5.56 Å². The number of carbonyl (C=O) groups excluding carboxylic acids is 3. The summed E-state index contributed by atoms with van der Waals surface area (Å²) in [6, 6.07) is 8.82. The molecule has 37 heavy (non-hydrogen) atoms. The first-order chi connectivity index (χ1) is 17.8. The Labute approximate surface area is 218 Å². The zero-order valence-electron chi connectivity index (χ0n) is 21.6. The molecule has 3 saturated heterocycles. The van der Waals surface area contributed by atoms with Gasteiger partial charge in [0.05, 0.1) is 18.1 Å². The van der Waals surface area contributed by atoms with Gasteiger partial charge in [-0.3, -0.25) is 14.4 Å². The van der Waals surface area contributed by atoms with E-state index in [1.54, 1.807) is 22.0 Å². The maximum absolute atomic E-state index is 14.3. The van der Waals surface area contributed by atoms with Gasteiger partial charge in [0, 0.05) is 26.2 Å². The molecule has 0 aliphatic carbocycles. The topological polar surface area (TPSA) is 96.4 Å². The predicted molar refractivity (Wildman–Crippen MR) is 138 cm³/mol. The van der Waals surface area contributed by atoms with E-state index in [1.165, 1.54) is 0 Å². The van der Waals surface area contributed by atoms with Crippen LogP contribution in [0.3, 0.4) is 0 Å². The van der Waals surface area contributed by atoms with Crippen LogP contribution in [0.2, 0.25) is 0 Å². The van der Waals surface area contributed by atoms with Gasteiger partial charge in [0.25, 0.3) is 0 Å². The van der Waals surface area contributed by atoms with Crippen LogP contribution in [-0.4, -0.2) is 76.2 Å². The molecule has 3 heterocycles. The van der Waals surface area contributed by atoms with Crippen LogP contribution in [0.15, 0.2) is 55.6 Å². The Morgan fingerprint density at radius 1 is 1.22 bits per heavy atom. The number of unbranched alkanes of at least 4 members (excludes halogenated alkanes) is 1. The molecule has 8 heteroatoms. The highest BCUT2D eigenvalue weighted by Gasteiger charge is 2.78. The van der Waals surface area contributed by atoms with Gasteiger partial charge in [0.2, 0.25) is 11.8 Å². The van der Waals surface area contributed by atoms with E-state index in [9.17, 15) is 19.5 Å². The smallest absolute Gasteiger partial charge is 0.312 e. The number of aliphatic hydroxyl groups excluding tert-OH is 1. The standard InChI is InChI=1S/C29H38N2O6/c1-4-6-19-36-27(35)23-22-25(33)31(17-10-11-18-32)24(29(22)15-14-28(23,3)37-29)26(34)30(16-5-2)20-21-12-8-7-9-13-21/h4-5,7-9,12-13,22-24,32H,1-2,6,10-11,14-20H2,3H3/t22-,23-,24?,28+,29?/m0/s1. The minimum absolute atomic E-state index is 0.00135. The van der Waals surface area contributed by atoms with Gasteiger partial charge in [-0.1, -0.05) is 42.5 Å². The third-order valence-electron chi connectivity index (χ3n) is 8.02. The van der Waals surface area contributed by atoms with Gasteiger partial charge in [0.15, 0.2) is 0 Å². The van der Waals surface area contributed by atoms with Gasteiger partial charge in [-0.05, 0) is 44.6 Å². The predicted octanol–water partition coefficient (Wildman–Crippen LogP) is 2.86. The molecule has 2 bridgehead atoms. The summed E-state index contributed by atoms with van der Waals surface area (Å²) in [4.78, 5) is 44.8. The number of aliphatic hydroxyl groups is 1. The van der Waals surface area contributed by atoms with Crippen molar-refractivity contribution < 1.29 is 29.0 Å². The fourth-order valence-corrected chi connectivity index (χ4v) is 6.39. The first-order valence-electron chi connectivity index (χ1n) is 13.2. The summed E-state index contributed by atoms with van der Waals surface area (Å²) in [6.45, 7) is 10.5. The Morgan fingerprint density at radius 2 is 1.97 bits per heavy atom. The van der Waals surface area contributed by atoms with Gasteiger partial charge in [0.1, 0.15) is 17.6 Å². The molecule has 1 aromatic carbocycles. The molecule has 4 rings (SSSR count). The van der Waals surface area contributed by atoms with Crippen LogP contribution >= 0.6 is 0 Å². The van der Waals surface area contributed by atoms with Gasteiger partial charge in [-0.15, -0.1) is 13.2 Å². The molecule has 2 amide bonds. The molecule has 3 aliphatic heterocycles. The van der Waals surface area contributed by atoms with E-state index in [0.29, 0.717) is 51.7 Å². The lowest BCUT2D eigenvalue weighted by molar-refractivity contribution is -0.160. The SMILES string of the molecule is C=CCCOC(=O)[C@@H]1[C@H]2C(=O)N(CCCCO)C(C(=O)N(CC=C)Cc3ccccc3)C23CC[C@@]1(C)O3. The van der Waals surface area contributed by atoms with Crippen LogP contribution in [0.25, 0.3) is 0 Å². The minimum atomic E-state index is -1.10. The second-order valence-electron chi connectivity index (χ2n) is 10.4. The number of ether oxygens (including phenoxy) is 2. The molecule has 0 aromatic heterocycles. The van der Waals surface area contributed by atoms with E-state index in [1.807, 2.05) is 37.3 Å². The number of rotatable bonds is 13. The van der Waals surface area contributed by atoms with Crippen molar-refractivity contribution in [2.24, 2.45) is 11.8 Å². The summed E-state index contributed by atoms with van der Waals surface area (Å²) >= 11 is 0. The molecular weight excluding hydrogens is 472 g/mol. The van der Waals surface area contributed by atoms with Crippen LogP contribution < -0.4 is 0 Å². The maximum Gasteiger partial charge on any atom is 0.312 e. The fraction of sp³-hybridized carbons (Fsp3) is 0.552. The van der Waals surface area contributed by atoms with E-state index in [2.05, 4.69) is 13.2 Å². The number of nitrogens with zero attached hydrogens (tertiary/aromatic N) is 2. The molecule has 1 N–H and O–H groups in total. The number of esters is 1. The molecule has 3 fully saturated rings. The Morgan fingerprint density at radius 3 is 2.65 bits per heavy atom. The van der Waals surface area contributed by atoms with Gasteiger partial charge in [-0.25, -0.2) is 0 Å². The minimum Gasteiger partial charge on any atom is -0.465 e. The number of benzene rings is 1. The van der Waals surface area contributed by atoms with E-state index in [-0.39, 0.29) is 25.0 Å². The Hall–Kier alpha value is -2.97. The molecule has 3 aliphatic rings. The van der Waals surface area contributed by atoms with Gasteiger partial charge < -0.3 is 24.4 Å². The highest BCUT2D eigenvalue weighted by Crippen LogP contribution is 2.63. The Bertz CT molecular complexity index is 1030. The van der Waals surface area contributed by atoms with E-state index < -0.39 is 35.0 Å². The molecule has 1 aromatic rings. The van der Waals surface area contributed by atoms with E-state index >= 15 is 0 Å². The van der Waals surface area contributed by atoms with Crippen LogP contribution in [0.4, 0.5) is 0 Å². The molecule has 0 saturated carbocycles. The summed E-state index contributed by atoms with van der Waals surface area (Å²) < 4.78 is 12.2. The monoisotopic (exact) mass is 510 g/mol. The van der Waals surface area contributed by atoms with Crippen molar-refractivity contribution in [3.8, 4) is 0 Å². The van der Waals surface area contributed by atoms with Crippen molar-refractivity contribution in [1.82, 2.24) is 9.80 Å². The van der Waals surface area contributed by atoms with Crippen LogP contribution in [0.1, 0.15) is 44.6 Å². The van der Waals surface area contributed by atoms with Gasteiger partial charge >= 0.3 is 5.97 Å². The lowest BCUT2D eigenvalue weighted by Crippen LogP contribution is -2.56. The average Bonchev–Trinajstić information content (AvgIpc) is 3.45. The number of hydrogen-bond acceptors (Lipinski definition) is 6. The molecule has 5 atom stereocenters. The molecular formula is C29H38N2O6. The lowest BCUT2D eigenvalue weighted by atomic mass is 9.66.